The Labute approximate surface area is 164 Å². The molecule has 3 rings (SSSR count). The van der Waals surface area contributed by atoms with Gasteiger partial charge < -0.3 is 14.3 Å². The maximum Gasteiger partial charge on any atom is 0.276 e. The van der Waals surface area contributed by atoms with Crippen LogP contribution in [0.15, 0.2) is 65.2 Å². The minimum atomic E-state index is -0.183. The molecule has 0 saturated carbocycles. The maximum absolute atomic E-state index is 13.1. The summed E-state index contributed by atoms with van der Waals surface area (Å²) in [5.74, 6) is 0.382. The smallest absolute Gasteiger partial charge is 0.276 e. The molecule has 6 heteroatoms. The molecule has 1 amide bonds. The van der Waals surface area contributed by atoms with Crippen molar-refractivity contribution >= 4 is 5.91 Å². The Balaban J connectivity index is 1.79. The van der Waals surface area contributed by atoms with E-state index in [9.17, 15) is 4.79 Å². The maximum atomic E-state index is 13.1. The van der Waals surface area contributed by atoms with Crippen molar-refractivity contribution in [3.05, 3.63) is 77.5 Å². The van der Waals surface area contributed by atoms with E-state index >= 15 is 0 Å². The van der Waals surface area contributed by atoms with E-state index < -0.39 is 0 Å². The van der Waals surface area contributed by atoms with Gasteiger partial charge in [0.1, 0.15) is 0 Å². The lowest BCUT2D eigenvalue weighted by Gasteiger charge is -2.23. The zero-order valence-electron chi connectivity index (χ0n) is 16.0. The Morgan fingerprint density at radius 2 is 1.79 bits per heavy atom. The number of benzene rings is 2. The molecule has 1 aromatic heterocycles. The van der Waals surface area contributed by atoms with Crippen molar-refractivity contribution in [3.8, 4) is 17.4 Å². The van der Waals surface area contributed by atoms with Crippen LogP contribution in [0.2, 0.25) is 0 Å². The average molecular weight is 374 g/mol. The van der Waals surface area contributed by atoms with Crippen LogP contribution in [0.4, 0.5) is 0 Å². The Kier molecular flexibility index (Phi) is 6.20. The molecule has 0 aliphatic heterocycles. The Morgan fingerprint density at radius 3 is 2.43 bits per heavy atom. The first-order valence-electron chi connectivity index (χ1n) is 9.02. The molecule has 6 nitrogen and oxygen atoms in total. The lowest BCUT2D eigenvalue weighted by molar-refractivity contribution is 0.0721. The van der Waals surface area contributed by atoms with Crippen LogP contribution >= 0.6 is 0 Å². The van der Waals surface area contributed by atoms with E-state index in [-0.39, 0.29) is 11.6 Å². The fraction of sp³-hybridized carbons (Fsp3) is 0.227. The van der Waals surface area contributed by atoms with Crippen molar-refractivity contribution < 1.29 is 9.32 Å². The van der Waals surface area contributed by atoms with E-state index in [4.69, 9.17) is 9.78 Å². The molecule has 0 atom stereocenters. The van der Waals surface area contributed by atoms with Gasteiger partial charge in [-0.05, 0) is 31.8 Å². The summed E-state index contributed by atoms with van der Waals surface area (Å²) in [6, 6.07) is 20.6. The van der Waals surface area contributed by atoms with Crippen molar-refractivity contribution in [3.63, 3.8) is 0 Å². The van der Waals surface area contributed by atoms with Gasteiger partial charge in [0.2, 0.25) is 0 Å². The van der Waals surface area contributed by atoms with Crippen LogP contribution in [0.3, 0.4) is 0 Å². The van der Waals surface area contributed by atoms with Gasteiger partial charge in [0.25, 0.3) is 5.91 Å². The molecule has 1 heterocycles. The van der Waals surface area contributed by atoms with Gasteiger partial charge in [-0.1, -0.05) is 47.6 Å². The number of hydrogen-bond donors (Lipinski definition) is 0. The van der Waals surface area contributed by atoms with E-state index in [1.165, 1.54) is 0 Å². The molecule has 0 aliphatic rings. The summed E-state index contributed by atoms with van der Waals surface area (Å²) < 4.78 is 5.38. The number of carbonyl (C=O) groups excluding carboxylic acids is 1. The predicted octanol–water partition coefficient (Wildman–Crippen LogP) is 3.42. The van der Waals surface area contributed by atoms with E-state index in [0.717, 1.165) is 17.7 Å². The summed E-state index contributed by atoms with van der Waals surface area (Å²) in [4.78, 5) is 16.8. The first-order valence-corrected chi connectivity index (χ1v) is 9.02. The van der Waals surface area contributed by atoms with Gasteiger partial charge in [-0.25, -0.2) is 0 Å². The second kappa shape index (κ2) is 8.98. The third-order valence-electron chi connectivity index (χ3n) is 4.35. The molecular formula is C22H22N4O2. The Hall–Kier alpha value is -3.43. The van der Waals surface area contributed by atoms with Crippen molar-refractivity contribution in [2.45, 2.75) is 6.54 Å². The number of likely N-dealkylation sites (N-methyl/N-ethyl adjacent to an activating group) is 1. The second-order valence-electron chi connectivity index (χ2n) is 6.78. The van der Waals surface area contributed by atoms with Gasteiger partial charge in [-0.2, -0.15) is 5.26 Å². The highest BCUT2D eigenvalue weighted by atomic mass is 16.5. The molecular weight excluding hydrogens is 352 g/mol. The molecule has 0 spiro atoms. The molecule has 2 aromatic carbocycles. The number of amides is 1. The summed E-state index contributed by atoms with van der Waals surface area (Å²) in [7, 11) is 3.93. The van der Waals surface area contributed by atoms with E-state index in [1.54, 1.807) is 23.1 Å². The normalized spacial score (nSPS) is 10.6. The molecule has 142 valence electrons. The van der Waals surface area contributed by atoms with Gasteiger partial charge in [0.15, 0.2) is 11.5 Å². The second-order valence-corrected chi connectivity index (χ2v) is 6.78. The highest BCUT2D eigenvalue weighted by molar-refractivity contribution is 5.93. The molecule has 0 aliphatic carbocycles. The minimum absolute atomic E-state index is 0.183. The van der Waals surface area contributed by atoms with Crippen molar-refractivity contribution in [2.24, 2.45) is 0 Å². The average Bonchev–Trinajstić information content (AvgIpc) is 3.22. The quantitative estimate of drug-likeness (QED) is 0.634. The summed E-state index contributed by atoms with van der Waals surface area (Å²) >= 11 is 0. The van der Waals surface area contributed by atoms with Crippen molar-refractivity contribution in [1.82, 2.24) is 15.0 Å². The molecule has 0 bridgehead atoms. The number of carbonyl (C=O) groups is 1. The molecule has 0 fully saturated rings. The minimum Gasteiger partial charge on any atom is -0.355 e. The predicted molar refractivity (Wildman–Crippen MR) is 106 cm³/mol. The highest BCUT2D eigenvalue weighted by Gasteiger charge is 2.21. The number of aromatic nitrogens is 1. The fourth-order valence-corrected chi connectivity index (χ4v) is 2.75. The Morgan fingerprint density at radius 1 is 1.07 bits per heavy atom. The zero-order chi connectivity index (χ0) is 19.9. The van der Waals surface area contributed by atoms with Gasteiger partial charge in [-0.15, -0.1) is 0 Å². The number of rotatable bonds is 7. The van der Waals surface area contributed by atoms with E-state index in [0.29, 0.717) is 24.4 Å². The van der Waals surface area contributed by atoms with Gasteiger partial charge in [0, 0.05) is 31.3 Å². The van der Waals surface area contributed by atoms with E-state index in [1.807, 2.05) is 61.5 Å². The van der Waals surface area contributed by atoms with Crippen LogP contribution < -0.4 is 0 Å². The van der Waals surface area contributed by atoms with Crippen molar-refractivity contribution in [2.75, 3.05) is 27.2 Å². The van der Waals surface area contributed by atoms with Gasteiger partial charge in [-0.3, -0.25) is 4.79 Å². The first kappa shape index (κ1) is 19.3. The first-order chi connectivity index (χ1) is 13.6. The third-order valence-corrected chi connectivity index (χ3v) is 4.35. The molecule has 0 radical (unpaired) electrons. The largest absolute Gasteiger partial charge is 0.355 e. The van der Waals surface area contributed by atoms with Crippen LogP contribution in [0.1, 0.15) is 21.6 Å². The van der Waals surface area contributed by atoms with Crippen LogP contribution in [0, 0.1) is 11.3 Å². The molecule has 0 saturated heterocycles. The Bertz CT molecular complexity index is 956. The number of hydrogen-bond acceptors (Lipinski definition) is 5. The van der Waals surface area contributed by atoms with Gasteiger partial charge >= 0.3 is 0 Å². The number of nitriles is 1. The lowest BCUT2D eigenvalue weighted by Crippen LogP contribution is -2.36. The van der Waals surface area contributed by atoms with Crippen LogP contribution in [0.5, 0.6) is 0 Å². The highest BCUT2D eigenvalue weighted by Crippen LogP contribution is 2.21. The summed E-state index contributed by atoms with van der Waals surface area (Å²) in [5.41, 5.74) is 2.71. The summed E-state index contributed by atoms with van der Waals surface area (Å²) in [5, 5.41) is 12.9. The topological polar surface area (TPSA) is 73.4 Å². The van der Waals surface area contributed by atoms with Crippen molar-refractivity contribution in [1.29, 1.82) is 5.26 Å². The van der Waals surface area contributed by atoms with Crippen LogP contribution in [-0.2, 0) is 6.54 Å². The van der Waals surface area contributed by atoms with Gasteiger partial charge in [0.05, 0.1) is 11.6 Å². The molecule has 3 aromatic rings. The lowest BCUT2D eigenvalue weighted by atomic mass is 10.1. The van der Waals surface area contributed by atoms with Crippen LogP contribution in [-0.4, -0.2) is 48.0 Å². The third kappa shape index (κ3) is 4.84. The van der Waals surface area contributed by atoms with Crippen LogP contribution in [0.25, 0.3) is 11.3 Å². The monoisotopic (exact) mass is 374 g/mol. The molecule has 28 heavy (non-hydrogen) atoms. The standard InChI is InChI=1S/C22H22N4O2/c1-25(2)12-13-26(16-18-10-8-17(15-23)9-11-18)22(27)20-14-21(28-24-20)19-6-4-3-5-7-19/h3-11,14H,12-13,16H2,1-2H3. The summed E-state index contributed by atoms with van der Waals surface area (Å²) in [6.45, 7) is 1.72. The SMILES string of the molecule is CN(C)CCN(Cc1ccc(C#N)cc1)C(=O)c1cc(-c2ccccc2)on1. The number of nitrogens with zero attached hydrogens (tertiary/aromatic N) is 4. The van der Waals surface area contributed by atoms with E-state index in [2.05, 4.69) is 11.2 Å². The zero-order valence-corrected chi connectivity index (χ0v) is 16.0. The molecule has 0 unspecified atom stereocenters. The summed E-state index contributed by atoms with van der Waals surface area (Å²) in [6.07, 6.45) is 0. The molecule has 0 N–H and O–H groups in total. The fourth-order valence-electron chi connectivity index (χ4n) is 2.75.